The Balaban J connectivity index is 2.15. The molecule has 1 aliphatic heterocycles. The molecule has 1 aliphatic rings. The molecular weight excluding hydrogens is 316 g/mol. The molecule has 23 heavy (non-hydrogen) atoms. The van der Waals surface area contributed by atoms with Crippen LogP contribution in [0.25, 0.3) is 0 Å². The molecule has 1 aromatic rings. The summed E-state index contributed by atoms with van der Waals surface area (Å²) in [5, 5.41) is 24.3. The van der Waals surface area contributed by atoms with Gasteiger partial charge in [-0.05, 0) is 49.9 Å². The molecule has 2 unspecified atom stereocenters. The van der Waals surface area contributed by atoms with Gasteiger partial charge >= 0.3 is 6.09 Å². The predicted octanol–water partition coefficient (Wildman–Crippen LogP) is 2.92. The third kappa shape index (κ3) is 4.59. The maximum Gasteiger partial charge on any atom is 0.407 e. The molecule has 0 saturated carbocycles. The molecule has 3 N–H and O–H groups in total. The normalized spacial score (nSPS) is 20.7. The van der Waals surface area contributed by atoms with Gasteiger partial charge in [-0.25, -0.2) is 4.79 Å². The van der Waals surface area contributed by atoms with Crippen molar-refractivity contribution < 1.29 is 15.0 Å². The highest BCUT2D eigenvalue weighted by molar-refractivity contribution is 6.30. The van der Waals surface area contributed by atoms with E-state index < -0.39 is 11.7 Å². The monoisotopic (exact) mass is 340 g/mol. The summed E-state index contributed by atoms with van der Waals surface area (Å²) in [5.74, 6) is 0.102. The summed E-state index contributed by atoms with van der Waals surface area (Å²) in [7, 11) is 1.54. The average molecular weight is 341 g/mol. The maximum atomic E-state index is 11.4. The van der Waals surface area contributed by atoms with E-state index in [1.165, 1.54) is 4.90 Å². The minimum Gasteiger partial charge on any atom is -0.465 e. The number of hydrogen-bond acceptors (Lipinski definition) is 3. The molecule has 1 aromatic carbocycles. The summed E-state index contributed by atoms with van der Waals surface area (Å²) in [4.78, 5) is 12.2. The standard InChI is InChI=1S/C17H25ClN2O3/c1-20(16(21)22)10-4-8-17(23,14-6-3-9-19-12-14)13-5-2-7-15(18)11-13/h2,5,7,11,14,19,23H,3-4,6,8-10,12H2,1H3,(H,21,22). The van der Waals surface area contributed by atoms with E-state index in [2.05, 4.69) is 5.32 Å². The molecule has 1 fully saturated rings. The van der Waals surface area contributed by atoms with Gasteiger partial charge in [0.1, 0.15) is 0 Å². The van der Waals surface area contributed by atoms with Gasteiger partial charge in [0.2, 0.25) is 0 Å². The molecule has 1 heterocycles. The molecule has 2 rings (SSSR count). The zero-order chi connectivity index (χ0) is 16.9. The van der Waals surface area contributed by atoms with Crippen LogP contribution in [-0.2, 0) is 5.60 Å². The number of rotatable bonds is 6. The van der Waals surface area contributed by atoms with Gasteiger partial charge < -0.3 is 20.4 Å². The van der Waals surface area contributed by atoms with Gasteiger partial charge in [0.05, 0.1) is 5.60 Å². The lowest BCUT2D eigenvalue weighted by molar-refractivity contribution is -0.0432. The number of benzene rings is 1. The van der Waals surface area contributed by atoms with Crippen molar-refractivity contribution >= 4 is 17.7 Å². The molecule has 5 nitrogen and oxygen atoms in total. The van der Waals surface area contributed by atoms with Crippen molar-refractivity contribution in [2.24, 2.45) is 5.92 Å². The van der Waals surface area contributed by atoms with Crippen LogP contribution in [0.4, 0.5) is 4.79 Å². The first-order valence-electron chi connectivity index (χ1n) is 8.06. The minimum absolute atomic E-state index is 0.102. The van der Waals surface area contributed by atoms with Crippen LogP contribution in [-0.4, -0.2) is 47.9 Å². The van der Waals surface area contributed by atoms with E-state index in [-0.39, 0.29) is 5.92 Å². The first-order chi connectivity index (χ1) is 10.9. The molecule has 2 atom stereocenters. The number of piperidine rings is 1. The quantitative estimate of drug-likeness (QED) is 0.744. The summed E-state index contributed by atoms with van der Waals surface area (Å²) in [6, 6.07) is 7.36. The Labute approximate surface area is 142 Å². The Bertz CT molecular complexity index is 534. The number of hydrogen-bond donors (Lipinski definition) is 3. The van der Waals surface area contributed by atoms with Crippen molar-refractivity contribution in [2.45, 2.75) is 31.3 Å². The average Bonchev–Trinajstić information content (AvgIpc) is 2.55. The number of carbonyl (C=O) groups is 1. The van der Waals surface area contributed by atoms with Gasteiger partial charge in [-0.3, -0.25) is 0 Å². The predicted molar refractivity (Wildman–Crippen MR) is 90.8 cm³/mol. The van der Waals surface area contributed by atoms with Gasteiger partial charge in [-0.2, -0.15) is 0 Å². The van der Waals surface area contributed by atoms with Gasteiger partial charge in [-0.15, -0.1) is 0 Å². The summed E-state index contributed by atoms with van der Waals surface area (Å²) in [6.07, 6.45) is 2.14. The molecule has 1 saturated heterocycles. The van der Waals surface area contributed by atoms with Gasteiger partial charge in [0.25, 0.3) is 0 Å². The van der Waals surface area contributed by atoms with Crippen LogP contribution in [0.1, 0.15) is 31.2 Å². The SMILES string of the molecule is CN(CCCC(O)(c1cccc(Cl)c1)C1CCCNC1)C(=O)O. The highest BCUT2D eigenvalue weighted by Gasteiger charge is 2.38. The highest BCUT2D eigenvalue weighted by Crippen LogP contribution is 2.38. The maximum absolute atomic E-state index is 11.4. The molecule has 0 bridgehead atoms. The smallest absolute Gasteiger partial charge is 0.407 e. The molecule has 128 valence electrons. The molecule has 6 heteroatoms. The third-order valence-electron chi connectivity index (χ3n) is 4.67. The van der Waals surface area contributed by atoms with Gasteiger partial charge in [-0.1, -0.05) is 23.7 Å². The fourth-order valence-corrected chi connectivity index (χ4v) is 3.47. The zero-order valence-electron chi connectivity index (χ0n) is 13.5. The van der Waals surface area contributed by atoms with Crippen LogP contribution in [0.3, 0.4) is 0 Å². The minimum atomic E-state index is -0.988. The fourth-order valence-electron chi connectivity index (χ4n) is 3.28. The molecule has 0 radical (unpaired) electrons. The zero-order valence-corrected chi connectivity index (χ0v) is 14.2. The summed E-state index contributed by atoms with van der Waals surface area (Å²) in [5.41, 5.74) is -0.172. The molecule has 1 amide bonds. The lowest BCUT2D eigenvalue weighted by Crippen LogP contribution is -2.44. The molecule has 0 spiro atoms. The van der Waals surface area contributed by atoms with Crippen LogP contribution in [0.5, 0.6) is 0 Å². The number of nitrogens with zero attached hydrogens (tertiary/aromatic N) is 1. The Morgan fingerprint density at radius 2 is 2.30 bits per heavy atom. The Morgan fingerprint density at radius 3 is 2.91 bits per heavy atom. The Kier molecular flexibility index (Phi) is 6.27. The largest absolute Gasteiger partial charge is 0.465 e. The number of amides is 1. The van der Waals surface area contributed by atoms with E-state index >= 15 is 0 Å². The van der Waals surface area contributed by atoms with Crippen molar-refractivity contribution in [2.75, 3.05) is 26.7 Å². The first kappa shape index (κ1) is 18.0. The van der Waals surface area contributed by atoms with E-state index in [1.807, 2.05) is 18.2 Å². The second-order valence-corrected chi connectivity index (χ2v) is 6.72. The van der Waals surface area contributed by atoms with Crippen molar-refractivity contribution in [3.63, 3.8) is 0 Å². The Morgan fingerprint density at radius 1 is 1.52 bits per heavy atom. The molecule has 0 aliphatic carbocycles. The summed E-state index contributed by atoms with van der Waals surface area (Å²) < 4.78 is 0. The highest BCUT2D eigenvalue weighted by atomic mass is 35.5. The first-order valence-corrected chi connectivity index (χ1v) is 8.44. The van der Waals surface area contributed by atoms with E-state index in [0.29, 0.717) is 24.4 Å². The molecular formula is C17H25ClN2O3. The lowest BCUT2D eigenvalue weighted by Gasteiger charge is -2.39. The fraction of sp³-hybridized carbons (Fsp3) is 0.588. The second-order valence-electron chi connectivity index (χ2n) is 6.29. The number of nitrogens with one attached hydrogen (secondary N) is 1. The van der Waals surface area contributed by atoms with E-state index in [4.69, 9.17) is 16.7 Å². The van der Waals surface area contributed by atoms with E-state index in [0.717, 1.165) is 31.5 Å². The number of halogens is 1. The number of aliphatic hydroxyl groups is 1. The van der Waals surface area contributed by atoms with Crippen molar-refractivity contribution in [1.29, 1.82) is 0 Å². The lowest BCUT2D eigenvalue weighted by atomic mass is 9.74. The summed E-state index contributed by atoms with van der Waals surface area (Å²) >= 11 is 6.10. The van der Waals surface area contributed by atoms with Gasteiger partial charge in [0, 0.05) is 31.1 Å². The van der Waals surface area contributed by atoms with Crippen molar-refractivity contribution in [1.82, 2.24) is 10.2 Å². The number of carboxylic acid groups (broad SMARTS) is 1. The third-order valence-corrected chi connectivity index (χ3v) is 4.91. The van der Waals surface area contributed by atoms with Crippen LogP contribution in [0.15, 0.2) is 24.3 Å². The van der Waals surface area contributed by atoms with E-state index in [1.54, 1.807) is 13.1 Å². The molecule has 0 aromatic heterocycles. The second kappa shape index (κ2) is 7.99. The van der Waals surface area contributed by atoms with E-state index in [9.17, 15) is 9.90 Å². The van der Waals surface area contributed by atoms with Crippen LogP contribution >= 0.6 is 11.6 Å². The summed E-state index contributed by atoms with van der Waals surface area (Å²) in [6.45, 7) is 2.14. The van der Waals surface area contributed by atoms with Crippen molar-refractivity contribution in [3.05, 3.63) is 34.9 Å². The van der Waals surface area contributed by atoms with Crippen LogP contribution < -0.4 is 5.32 Å². The Hall–Kier alpha value is -1.30. The van der Waals surface area contributed by atoms with Crippen LogP contribution in [0, 0.1) is 5.92 Å². The van der Waals surface area contributed by atoms with Crippen molar-refractivity contribution in [3.8, 4) is 0 Å². The topological polar surface area (TPSA) is 72.8 Å². The van der Waals surface area contributed by atoms with Gasteiger partial charge in [0.15, 0.2) is 0 Å². The van der Waals surface area contributed by atoms with Crippen LogP contribution in [0.2, 0.25) is 5.02 Å².